The van der Waals surface area contributed by atoms with Crippen LogP contribution in [0.4, 0.5) is 0 Å². The summed E-state index contributed by atoms with van der Waals surface area (Å²) in [6.07, 6.45) is 8.41. The number of aromatic nitrogens is 3. The van der Waals surface area contributed by atoms with Gasteiger partial charge in [0.25, 0.3) is 0 Å². The third-order valence-electron chi connectivity index (χ3n) is 5.92. The summed E-state index contributed by atoms with van der Waals surface area (Å²) >= 11 is 6.29. The van der Waals surface area contributed by atoms with Gasteiger partial charge >= 0.3 is 0 Å². The number of halogens is 1. The largest absolute Gasteiger partial charge is 0.452 e. The van der Waals surface area contributed by atoms with Crippen LogP contribution < -0.4 is 4.74 Å². The fraction of sp³-hybridized carbons (Fsp3) is 0.400. The second kappa shape index (κ2) is 5.46. The van der Waals surface area contributed by atoms with E-state index in [4.69, 9.17) is 16.3 Å². The maximum Gasteiger partial charge on any atom is 0.203 e. The minimum Gasteiger partial charge on any atom is -0.452 e. The van der Waals surface area contributed by atoms with Crippen molar-refractivity contribution in [2.45, 2.75) is 44.4 Å². The van der Waals surface area contributed by atoms with E-state index >= 15 is 0 Å². The van der Waals surface area contributed by atoms with E-state index in [0.29, 0.717) is 16.5 Å². The highest BCUT2D eigenvalue weighted by Gasteiger charge is 2.48. The molecular weight excluding hydrogens is 334 g/mol. The molecule has 2 fully saturated rings. The number of pyridine rings is 1. The van der Waals surface area contributed by atoms with Crippen LogP contribution in [-0.2, 0) is 5.41 Å². The first-order valence-corrected chi connectivity index (χ1v) is 9.31. The zero-order valence-electron chi connectivity index (χ0n) is 14.2. The molecule has 2 saturated carbocycles. The molecule has 4 nitrogen and oxygen atoms in total. The number of ether oxygens (including phenoxy) is 1. The maximum atomic E-state index is 6.29. The Hall–Kier alpha value is -2.07. The van der Waals surface area contributed by atoms with Crippen molar-refractivity contribution in [1.29, 1.82) is 0 Å². The summed E-state index contributed by atoms with van der Waals surface area (Å²) in [6, 6.07) is 9.70. The molecule has 0 atom stereocenters. The van der Waals surface area contributed by atoms with E-state index in [-0.39, 0.29) is 5.41 Å². The fourth-order valence-electron chi connectivity index (χ4n) is 4.65. The Morgan fingerprint density at radius 1 is 1.16 bits per heavy atom. The number of hydrogen-bond donors (Lipinski definition) is 0. The Morgan fingerprint density at radius 2 is 2.00 bits per heavy atom. The van der Waals surface area contributed by atoms with Gasteiger partial charge < -0.3 is 4.74 Å². The lowest BCUT2D eigenvalue weighted by Gasteiger charge is -2.24. The Bertz CT molecular complexity index is 957. The second-order valence-corrected chi connectivity index (χ2v) is 7.96. The van der Waals surface area contributed by atoms with Gasteiger partial charge in [-0.1, -0.05) is 17.7 Å². The van der Waals surface area contributed by atoms with Crippen molar-refractivity contribution in [3.05, 3.63) is 52.9 Å². The summed E-state index contributed by atoms with van der Waals surface area (Å²) in [4.78, 5) is 0. The molecule has 25 heavy (non-hydrogen) atoms. The molecular formula is C20H20ClN3O. The van der Waals surface area contributed by atoms with Gasteiger partial charge in [0.1, 0.15) is 11.6 Å². The van der Waals surface area contributed by atoms with Gasteiger partial charge in [0.15, 0.2) is 5.75 Å². The molecule has 2 aliphatic carbocycles. The lowest BCUT2D eigenvalue weighted by Crippen LogP contribution is -2.23. The van der Waals surface area contributed by atoms with Crippen molar-refractivity contribution in [1.82, 2.24) is 14.6 Å². The van der Waals surface area contributed by atoms with E-state index in [0.717, 1.165) is 23.0 Å². The number of nitrogens with zero attached hydrogens (tertiary/aromatic N) is 3. The standard InChI is InChI=1S/C20H20ClN3O/c1-13-4-5-15(21)17(11-13)25-16-3-2-10-24-18(16)22-23-19(24)20-8-6-14(12-20)7-9-20/h2-5,10-11,14H,6-9,12H2,1H3. The van der Waals surface area contributed by atoms with Gasteiger partial charge in [-0.3, -0.25) is 4.40 Å². The van der Waals surface area contributed by atoms with E-state index in [1.165, 1.54) is 32.1 Å². The lowest BCUT2D eigenvalue weighted by atomic mass is 9.83. The summed E-state index contributed by atoms with van der Waals surface area (Å²) < 4.78 is 8.22. The Balaban J connectivity index is 1.58. The zero-order valence-corrected chi connectivity index (χ0v) is 15.0. The molecule has 2 heterocycles. The van der Waals surface area contributed by atoms with Crippen LogP contribution in [0, 0.1) is 12.8 Å². The van der Waals surface area contributed by atoms with Gasteiger partial charge in [-0.05, 0) is 74.8 Å². The van der Waals surface area contributed by atoms with Crippen LogP contribution in [0.2, 0.25) is 5.02 Å². The Kier molecular flexibility index (Phi) is 3.32. The molecule has 128 valence electrons. The molecule has 2 aliphatic rings. The number of fused-ring (bicyclic) bond motifs is 3. The zero-order chi connectivity index (χ0) is 17.0. The molecule has 2 aromatic heterocycles. The molecule has 0 amide bonds. The van der Waals surface area contributed by atoms with Crippen LogP contribution in [-0.4, -0.2) is 14.6 Å². The van der Waals surface area contributed by atoms with Gasteiger partial charge in [-0.15, -0.1) is 10.2 Å². The predicted octanol–water partition coefficient (Wildman–Crippen LogP) is 5.32. The molecule has 0 N–H and O–H groups in total. The Labute approximate surface area is 151 Å². The van der Waals surface area contributed by atoms with E-state index in [9.17, 15) is 0 Å². The lowest BCUT2D eigenvalue weighted by molar-refractivity contribution is 0.395. The minimum atomic E-state index is 0.212. The molecule has 0 spiro atoms. The van der Waals surface area contributed by atoms with Crippen molar-refractivity contribution < 1.29 is 4.74 Å². The van der Waals surface area contributed by atoms with Gasteiger partial charge in [-0.2, -0.15) is 0 Å². The topological polar surface area (TPSA) is 39.4 Å². The van der Waals surface area contributed by atoms with Crippen molar-refractivity contribution in [3.63, 3.8) is 0 Å². The molecule has 2 bridgehead atoms. The van der Waals surface area contributed by atoms with Crippen LogP contribution in [0.3, 0.4) is 0 Å². The van der Waals surface area contributed by atoms with Crippen LogP contribution in [0.15, 0.2) is 36.5 Å². The quantitative estimate of drug-likeness (QED) is 0.640. The first kappa shape index (κ1) is 15.2. The van der Waals surface area contributed by atoms with Crippen molar-refractivity contribution in [2.75, 3.05) is 0 Å². The third-order valence-corrected chi connectivity index (χ3v) is 6.23. The molecule has 5 rings (SSSR count). The maximum absolute atomic E-state index is 6.29. The summed E-state index contributed by atoms with van der Waals surface area (Å²) in [5.74, 6) is 3.32. The molecule has 0 aliphatic heterocycles. The van der Waals surface area contributed by atoms with E-state index in [1.54, 1.807) is 0 Å². The van der Waals surface area contributed by atoms with E-state index in [1.807, 2.05) is 37.3 Å². The molecule has 0 unspecified atom stereocenters. The van der Waals surface area contributed by atoms with Gasteiger partial charge in [-0.25, -0.2) is 0 Å². The SMILES string of the molecule is Cc1ccc(Cl)c(Oc2cccn3c(C45CCC(CC4)C5)nnc23)c1. The first-order valence-electron chi connectivity index (χ1n) is 8.93. The highest BCUT2D eigenvalue weighted by molar-refractivity contribution is 6.32. The normalized spacial score (nSPS) is 25.0. The summed E-state index contributed by atoms with van der Waals surface area (Å²) in [6.45, 7) is 2.02. The highest BCUT2D eigenvalue weighted by atomic mass is 35.5. The summed E-state index contributed by atoms with van der Waals surface area (Å²) in [5, 5.41) is 9.65. The smallest absolute Gasteiger partial charge is 0.203 e. The summed E-state index contributed by atoms with van der Waals surface area (Å²) in [5.41, 5.74) is 2.08. The molecule has 0 radical (unpaired) electrons. The molecule has 5 heteroatoms. The average molecular weight is 354 g/mol. The molecule has 1 aromatic carbocycles. The molecule has 3 aromatic rings. The van der Waals surface area contributed by atoms with Crippen molar-refractivity contribution in [2.24, 2.45) is 5.92 Å². The van der Waals surface area contributed by atoms with Gasteiger partial charge in [0.05, 0.1) is 5.02 Å². The van der Waals surface area contributed by atoms with Crippen LogP contribution >= 0.6 is 11.6 Å². The van der Waals surface area contributed by atoms with Crippen LogP contribution in [0.25, 0.3) is 5.65 Å². The van der Waals surface area contributed by atoms with Crippen LogP contribution in [0.5, 0.6) is 11.5 Å². The number of benzene rings is 1. The fourth-order valence-corrected chi connectivity index (χ4v) is 4.80. The van der Waals surface area contributed by atoms with Gasteiger partial charge in [0, 0.05) is 11.6 Å². The monoisotopic (exact) mass is 353 g/mol. The number of rotatable bonds is 3. The van der Waals surface area contributed by atoms with Gasteiger partial charge in [0.2, 0.25) is 5.65 Å². The second-order valence-electron chi connectivity index (χ2n) is 7.55. The van der Waals surface area contributed by atoms with Crippen LogP contribution in [0.1, 0.15) is 43.5 Å². The van der Waals surface area contributed by atoms with Crippen molar-refractivity contribution >= 4 is 17.2 Å². The molecule has 0 saturated heterocycles. The van der Waals surface area contributed by atoms with Crippen molar-refractivity contribution in [3.8, 4) is 11.5 Å². The minimum absolute atomic E-state index is 0.212. The third kappa shape index (κ3) is 2.35. The van der Waals surface area contributed by atoms with E-state index < -0.39 is 0 Å². The Morgan fingerprint density at radius 3 is 2.76 bits per heavy atom. The summed E-state index contributed by atoms with van der Waals surface area (Å²) in [7, 11) is 0. The number of aryl methyl sites for hydroxylation is 1. The average Bonchev–Trinajstić information content (AvgIpc) is 3.32. The first-order chi connectivity index (χ1) is 12.1. The number of hydrogen-bond acceptors (Lipinski definition) is 3. The highest BCUT2D eigenvalue weighted by Crippen LogP contribution is 2.54. The van der Waals surface area contributed by atoms with E-state index in [2.05, 4.69) is 20.8 Å². The predicted molar refractivity (Wildman–Crippen MR) is 97.5 cm³/mol.